The van der Waals surface area contributed by atoms with Crippen LogP contribution < -0.4 is 10.4 Å². The average molecular weight is 323 g/mol. The summed E-state index contributed by atoms with van der Waals surface area (Å²) in [6.07, 6.45) is -0.693. The van der Waals surface area contributed by atoms with E-state index in [4.69, 9.17) is 4.84 Å². The average Bonchev–Trinajstić information content (AvgIpc) is 2.49. The first-order valence-electron chi connectivity index (χ1n) is 7.27. The SMILES string of the molecule is CCON(C=O)c1c(F)cc(C(O)CNC(C)(C)C)cc1C#N. The number of nitrogens with zero attached hydrogens (tertiary/aromatic N) is 2. The Bertz CT molecular complexity index is 593. The molecule has 0 fully saturated rings. The summed E-state index contributed by atoms with van der Waals surface area (Å²) in [4.78, 5) is 16.0. The number of halogens is 1. The molecule has 126 valence electrons. The van der Waals surface area contributed by atoms with Gasteiger partial charge < -0.3 is 10.4 Å². The number of β-amino-alcohol motifs (C(OH)–C–C–N with tert-alkyl or cyclic N) is 1. The normalized spacial score (nSPS) is 12.6. The van der Waals surface area contributed by atoms with E-state index in [0.717, 1.165) is 6.07 Å². The minimum atomic E-state index is -0.985. The lowest BCUT2D eigenvalue weighted by Gasteiger charge is -2.24. The molecule has 1 amide bonds. The van der Waals surface area contributed by atoms with Crippen LogP contribution in [0.15, 0.2) is 12.1 Å². The van der Waals surface area contributed by atoms with E-state index < -0.39 is 11.9 Å². The Hall–Kier alpha value is -2.01. The van der Waals surface area contributed by atoms with E-state index in [9.17, 15) is 19.6 Å². The number of amides is 1. The fraction of sp³-hybridized carbons (Fsp3) is 0.500. The minimum Gasteiger partial charge on any atom is -0.387 e. The number of benzene rings is 1. The van der Waals surface area contributed by atoms with Crippen molar-refractivity contribution in [1.82, 2.24) is 5.32 Å². The second-order valence-corrected chi connectivity index (χ2v) is 6.01. The predicted octanol–water partition coefficient (Wildman–Crippen LogP) is 2.03. The lowest BCUT2D eigenvalue weighted by atomic mass is 10.0. The van der Waals surface area contributed by atoms with Crippen LogP contribution in [-0.2, 0) is 9.63 Å². The Kier molecular flexibility index (Phi) is 6.63. The Labute approximate surface area is 135 Å². The number of hydroxylamine groups is 1. The van der Waals surface area contributed by atoms with E-state index in [2.05, 4.69) is 5.32 Å². The van der Waals surface area contributed by atoms with Crippen LogP contribution in [0.2, 0.25) is 0 Å². The van der Waals surface area contributed by atoms with Gasteiger partial charge in [0.15, 0.2) is 5.82 Å². The lowest BCUT2D eigenvalue weighted by Crippen LogP contribution is -2.38. The van der Waals surface area contributed by atoms with Crippen LogP contribution in [0.25, 0.3) is 0 Å². The molecule has 1 unspecified atom stereocenters. The van der Waals surface area contributed by atoms with E-state index in [1.165, 1.54) is 6.07 Å². The van der Waals surface area contributed by atoms with Gasteiger partial charge in [0.2, 0.25) is 6.41 Å². The molecule has 1 rings (SSSR count). The van der Waals surface area contributed by atoms with Crippen molar-refractivity contribution >= 4 is 12.1 Å². The van der Waals surface area contributed by atoms with Gasteiger partial charge in [-0.1, -0.05) is 0 Å². The third kappa shape index (κ3) is 5.28. The molecule has 6 nitrogen and oxygen atoms in total. The number of aliphatic hydroxyl groups is 1. The third-order valence-electron chi connectivity index (χ3n) is 3.00. The molecule has 0 aromatic heterocycles. The fourth-order valence-corrected chi connectivity index (χ4v) is 1.93. The highest BCUT2D eigenvalue weighted by Crippen LogP contribution is 2.28. The van der Waals surface area contributed by atoms with E-state index >= 15 is 0 Å². The van der Waals surface area contributed by atoms with Crippen LogP contribution in [0, 0.1) is 17.1 Å². The van der Waals surface area contributed by atoms with Gasteiger partial charge in [0.1, 0.15) is 11.8 Å². The molecule has 2 N–H and O–H groups in total. The molecular formula is C16H22FN3O3. The molecule has 0 bridgehead atoms. The van der Waals surface area contributed by atoms with Crippen molar-refractivity contribution in [3.63, 3.8) is 0 Å². The lowest BCUT2D eigenvalue weighted by molar-refractivity contribution is -0.113. The van der Waals surface area contributed by atoms with Gasteiger partial charge in [0, 0.05) is 12.1 Å². The molecule has 0 spiro atoms. The van der Waals surface area contributed by atoms with Crippen LogP contribution in [0.4, 0.5) is 10.1 Å². The third-order valence-corrected chi connectivity index (χ3v) is 3.00. The largest absolute Gasteiger partial charge is 0.387 e. The summed E-state index contributed by atoms with van der Waals surface area (Å²) in [5.41, 5.74) is -0.304. The van der Waals surface area contributed by atoms with E-state index in [-0.39, 0.29) is 35.5 Å². The van der Waals surface area contributed by atoms with Crippen molar-refractivity contribution in [2.24, 2.45) is 0 Å². The van der Waals surface area contributed by atoms with Crippen molar-refractivity contribution in [3.8, 4) is 6.07 Å². The molecule has 0 aliphatic rings. The minimum absolute atomic E-state index is 0.0876. The molecule has 1 aromatic rings. The molecule has 0 aliphatic heterocycles. The zero-order chi connectivity index (χ0) is 17.6. The van der Waals surface area contributed by atoms with Crippen molar-refractivity contribution in [2.75, 3.05) is 18.2 Å². The predicted molar refractivity (Wildman–Crippen MR) is 84.0 cm³/mol. The molecule has 0 aliphatic carbocycles. The number of carbonyl (C=O) groups excluding carboxylic acids is 1. The molecule has 1 aromatic carbocycles. The zero-order valence-corrected chi connectivity index (χ0v) is 13.8. The summed E-state index contributed by atoms with van der Waals surface area (Å²) in [7, 11) is 0. The number of rotatable bonds is 7. The van der Waals surface area contributed by atoms with Crippen molar-refractivity contribution in [1.29, 1.82) is 5.26 Å². The second-order valence-electron chi connectivity index (χ2n) is 6.01. The summed E-state index contributed by atoms with van der Waals surface area (Å²) in [6, 6.07) is 4.27. The maximum Gasteiger partial charge on any atom is 0.238 e. The maximum absolute atomic E-state index is 14.3. The van der Waals surface area contributed by atoms with E-state index in [0.29, 0.717) is 11.5 Å². The summed E-state index contributed by atoms with van der Waals surface area (Å²) in [5, 5.41) is 23.2. The van der Waals surface area contributed by atoms with Crippen LogP contribution in [0.5, 0.6) is 0 Å². The maximum atomic E-state index is 14.3. The molecule has 0 saturated carbocycles. The van der Waals surface area contributed by atoms with E-state index in [1.54, 1.807) is 6.92 Å². The number of anilines is 1. The standard InChI is InChI=1S/C16H22FN3O3/c1-5-23-20(10-21)15-12(8-18)6-11(7-13(15)17)14(22)9-19-16(2,3)4/h6-7,10,14,19,22H,5,9H2,1-4H3. The van der Waals surface area contributed by atoms with Crippen molar-refractivity contribution in [2.45, 2.75) is 39.3 Å². The van der Waals surface area contributed by atoms with Crippen LogP contribution in [0.3, 0.4) is 0 Å². The highest BCUT2D eigenvalue weighted by atomic mass is 19.1. The monoisotopic (exact) mass is 323 g/mol. The zero-order valence-electron chi connectivity index (χ0n) is 13.8. The highest BCUT2D eigenvalue weighted by molar-refractivity contribution is 5.77. The van der Waals surface area contributed by atoms with Crippen LogP contribution >= 0.6 is 0 Å². The first-order chi connectivity index (χ1) is 10.7. The summed E-state index contributed by atoms with van der Waals surface area (Å²) in [6.45, 7) is 7.80. The van der Waals surface area contributed by atoms with Gasteiger partial charge in [0.25, 0.3) is 0 Å². The van der Waals surface area contributed by atoms with Gasteiger partial charge in [0.05, 0.1) is 18.3 Å². The molecule has 0 heterocycles. The van der Waals surface area contributed by atoms with Gasteiger partial charge in [-0.2, -0.15) is 10.3 Å². The number of nitrogens with one attached hydrogen (secondary N) is 1. The molecule has 0 radical (unpaired) electrons. The van der Waals surface area contributed by atoms with Crippen molar-refractivity contribution in [3.05, 3.63) is 29.1 Å². The van der Waals surface area contributed by atoms with Gasteiger partial charge >= 0.3 is 0 Å². The number of hydrogen-bond acceptors (Lipinski definition) is 5. The smallest absolute Gasteiger partial charge is 0.238 e. The summed E-state index contributed by atoms with van der Waals surface area (Å²) >= 11 is 0. The van der Waals surface area contributed by atoms with Gasteiger partial charge in [-0.3, -0.25) is 9.63 Å². The topological polar surface area (TPSA) is 85.6 Å². The first kappa shape index (κ1) is 19.0. The first-order valence-corrected chi connectivity index (χ1v) is 7.27. The van der Waals surface area contributed by atoms with Gasteiger partial charge in [-0.25, -0.2) is 4.39 Å². The van der Waals surface area contributed by atoms with Crippen LogP contribution in [0.1, 0.15) is 44.9 Å². The Morgan fingerprint density at radius 1 is 1.52 bits per heavy atom. The molecule has 1 atom stereocenters. The molecule has 0 saturated heterocycles. The Morgan fingerprint density at radius 3 is 2.65 bits per heavy atom. The van der Waals surface area contributed by atoms with Crippen molar-refractivity contribution < 1.29 is 19.1 Å². The summed E-state index contributed by atoms with van der Waals surface area (Å²) < 4.78 is 14.3. The van der Waals surface area contributed by atoms with Crippen LogP contribution in [-0.4, -0.2) is 30.2 Å². The van der Waals surface area contributed by atoms with Gasteiger partial charge in [-0.05, 0) is 45.4 Å². The van der Waals surface area contributed by atoms with E-state index in [1.807, 2.05) is 26.8 Å². The summed E-state index contributed by atoms with van der Waals surface area (Å²) in [5.74, 6) is -0.811. The number of nitriles is 1. The molecule has 7 heteroatoms. The quantitative estimate of drug-likeness (QED) is 0.592. The fourth-order valence-electron chi connectivity index (χ4n) is 1.93. The highest BCUT2D eigenvalue weighted by Gasteiger charge is 2.21. The number of hydrogen-bond donors (Lipinski definition) is 2. The molecular weight excluding hydrogens is 301 g/mol. The Morgan fingerprint density at radius 2 is 2.17 bits per heavy atom. The van der Waals surface area contributed by atoms with Gasteiger partial charge in [-0.15, -0.1) is 0 Å². The molecule has 23 heavy (non-hydrogen) atoms. The second kappa shape index (κ2) is 8.02. The number of carbonyl (C=O) groups is 1. The Balaban J connectivity index is 3.13. The number of aliphatic hydroxyl groups excluding tert-OH is 1.